The number of carbonyl (C=O) groups excluding carboxylic acids is 1. The van der Waals surface area contributed by atoms with Gasteiger partial charge in [0.25, 0.3) is 5.91 Å². The molecule has 5 nitrogen and oxygen atoms in total. The number of rotatable bonds is 2. The Kier molecular flexibility index (Phi) is 3.20. The van der Waals surface area contributed by atoms with Gasteiger partial charge in [-0.3, -0.25) is 4.79 Å². The van der Waals surface area contributed by atoms with Gasteiger partial charge in [0.2, 0.25) is 5.01 Å². The fraction of sp³-hybridized carbons (Fsp3) is 0.700. The number of β-amino-alcohol motifs (C(OH)–C–C–N with tert-alkyl or cyclic N) is 1. The Bertz CT molecular complexity index is 391. The van der Waals surface area contributed by atoms with E-state index in [2.05, 4.69) is 10.2 Å². The van der Waals surface area contributed by atoms with E-state index in [0.717, 1.165) is 5.01 Å². The van der Waals surface area contributed by atoms with E-state index in [9.17, 15) is 9.90 Å². The van der Waals surface area contributed by atoms with Gasteiger partial charge in [-0.25, -0.2) is 0 Å². The van der Waals surface area contributed by atoms with Gasteiger partial charge in [0.1, 0.15) is 5.01 Å². The van der Waals surface area contributed by atoms with E-state index in [4.69, 9.17) is 0 Å². The van der Waals surface area contributed by atoms with Crippen LogP contribution in [0.15, 0.2) is 0 Å². The van der Waals surface area contributed by atoms with Crippen LogP contribution in [-0.4, -0.2) is 45.3 Å². The summed E-state index contributed by atoms with van der Waals surface area (Å²) >= 11 is 1.34. The third-order valence-corrected chi connectivity index (χ3v) is 3.78. The SMILES string of the molecule is CC(C)c1nnc(C(=O)N2CC[C@H](O)C2)s1. The van der Waals surface area contributed by atoms with Crippen LogP contribution in [0.2, 0.25) is 0 Å². The largest absolute Gasteiger partial charge is 0.391 e. The van der Waals surface area contributed by atoms with Crippen molar-refractivity contribution >= 4 is 17.2 Å². The second kappa shape index (κ2) is 4.47. The zero-order valence-corrected chi connectivity index (χ0v) is 10.2. The molecule has 16 heavy (non-hydrogen) atoms. The van der Waals surface area contributed by atoms with Crippen LogP contribution < -0.4 is 0 Å². The molecule has 0 unspecified atom stereocenters. The van der Waals surface area contributed by atoms with Crippen LogP contribution >= 0.6 is 11.3 Å². The molecule has 0 aromatic carbocycles. The second-order valence-electron chi connectivity index (χ2n) is 4.29. The average molecular weight is 241 g/mol. The molecule has 0 bridgehead atoms. The number of hydrogen-bond donors (Lipinski definition) is 1. The van der Waals surface area contributed by atoms with Gasteiger partial charge < -0.3 is 10.0 Å². The summed E-state index contributed by atoms with van der Waals surface area (Å²) in [6.07, 6.45) is 0.267. The zero-order chi connectivity index (χ0) is 11.7. The minimum Gasteiger partial charge on any atom is -0.391 e. The van der Waals surface area contributed by atoms with Crippen molar-refractivity contribution in [1.29, 1.82) is 0 Å². The molecule has 0 aliphatic carbocycles. The van der Waals surface area contributed by atoms with Gasteiger partial charge in [-0.15, -0.1) is 10.2 Å². The van der Waals surface area contributed by atoms with Crippen molar-refractivity contribution in [2.45, 2.75) is 32.3 Å². The van der Waals surface area contributed by atoms with Gasteiger partial charge in [0, 0.05) is 19.0 Å². The summed E-state index contributed by atoms with van der Waals surface area (Å²) in [5.41, 5.74) is 0. The topological polar surface area (TPSA) is 66.3 Å². The van der Waals surface area contributed by atoms with E-state index in [-0.39, 0.29) is 12.0 Å². The molecule has 1 aliphatic heterocycles. The maximum atomic E-state index is 12.0. The van der Waals surface area contributed by atoms with Crippen LogP contribution in [0.1, 0.15) is 41.0 Å². The summed E-state index contributed by atoms with van der Waals surface area (Å²) in [4.78, 5) is 13.6. The molecule has 2 heterocycles. The van der Waals surface area contributed by atoms with Crippen molar-refractivity contribution in [3.8, 4) is 0 Å². The summed E-state index contributed by atoms with van der Waals surface area (Å²) < 4.78 is 0. The molecule has 0 spiro atoms. The summed E-state index contributed by atoms with van der Waals surface area (Å²) in [6, 6.07) is 0. The van der Waals surface area contributed by atoms with Crippen molar-refractivity contribution in [3.05, 3.63) is 10.0 Å². The molecule has 1 aromatic rings. The average Bonchev–Trinajstić information content (AvgIpc) is 2.84. The van der Waals surface area contributed by atoms with Crippen LogP contribution in [-0.2, 0) is 0 Å². The number of hydrogen-bond acceptors (Lipinski definition) is 5. The first kappa shape index (κ1) is 11.5. The van der Waals surface area contributed by atoms with Crippen molar-refractivity contribution in [2.24, 2.45) is 0 Å². The van der Waals surface area contributed by atoms with Crippen molar-refractivity contribution < 1.29 is 9.90 Å². The minimum atomic E-state index is -0.388. The van der Waals surface area contributed by atoms with Gasteiger partial charge in [-0.2, -0.15) is 0 Å². The molecule has 1 aromatic heterocycles. The quantitative estimate of drug-likeness (QED) is 0.834. The number of aromatic nitrogens is 2. The van der Waals surface area contributed by atoms with E-state index in [0.29, 0.717) is 30.4 Å². The number of carbonyl (C=O) groups is 1. The molecular formula is C10H15N3O2S. The van der Waals surface area contributed by atoms with Crippen molar-refractivity contribution in [2.75, 3.05) is 13.1 Å². The first-order valence-corrected chi connectivity index (χ1v) is 6.20. The zero-order valence-electron chi connectivity index (χ0n) is 9.38. The molecule has 1 aliphatic rings. The Morgan fingerprint density at radius 2 is 2.31 bits per heavy atom. The van der Waals surface area contributed by atoms with Gasteiger partial charge >= 0.3 is 0 Å². The Labute approximate surface area is 98.1 Å². The first-order chi connectivity index (χ1) is 7.58. The number of aliphatic hydroxyl groups is 1. The summed E-state index contributed by atoms with van der Waals surface area (Å²) in [5.74, 6) is 0.184. The van der Waals surface area contributed by atoms with Crippen LogP contribution in [0.25, 0.3) is 0 Å². The summed E-state index contributed by atoms with van der Waals surface area (Å²) in [7, 11) is 0. The number of amides is 1. The molecule has 1 saturated heterocycles. The maximum Gasteiger partial charge on any atom is 0.284 e. The van der Waals surface area contributed by atoms with Gasteiger partial charge in [0.15, 0.2) is 0 Å². The fourth-order valence-electron chi connectivity index (χ4n) is 1.62. The fourth-order valence-corrected chi connectivity index (χ4v) is 2.43. The van der Waals surface area contributed by atoms with Crippen LogP contribution in [0.5, 0.6) is 0 Å². The van der Waals surface area contributed by atoms with Gasteiger partial charge in [0.05, 0.1) is 6.10 Å². The highest BCUT2D eigenvalue weighted by Crippen LogP contribution is 2.21. The molecule has 2 rings (SSSR count). The first-order valence-electron chi connectivity index (χ1n) is 5.38. The Morgan fingerprint density at radius 1 is 1.56 bits per heavy atom. The molecule has 1 N–H and O–H groups in total. The summed E-state index contributed by atoms with van der Waals surface area (Å²) in [5, 5.41) is 18.6. The molecule has 1 fully saturated rings. The lowest BCUT2D eigenvalue weighted by Gasteiger charge is -2.12. The number of nitrogens with zero attached hydrogens (tertiary/aromatic N) is 3. The molecule has 1 amide bonds. The molecule has 0 saturated carbocycles. The lowest BCUT2D eigenvalue weighted by Crippen LogP contribution is -2.29. The van der Waals surface area contributed by atoms with Crippen molar-refractivity contribution in [1.82, 2.24) is 15.1 Å². The normalized spacial score (nSPS) is 20.8. The highest BCUT2D eigenvalue weighted by Gasteiger charge is 2.27. The Morgan fingerprint density at radius 3 is 2.81 bits per heavy atom. The predicted octanol–water partition coefficient (Wildman–Crippen LogP) is 0.868. The summed E-state index contributed by atoms with van der Waals surface area (Å²) in [6.45, 7) is 5.06. The molecule has 1 atom stereocenters. The number of likely N-dealkylation sites (tertiary alicyclic amines) is 1. The smallest absolute Gasteiger partial charge is 0.284 e. The highest BCUT2D eigenvalue weighted by molar-refractivity contribution is 7.13. The van der Waals surface area contributed by atoms with Gasteiger partial charge in [-0.05, 0) is 6.42 Å². The van der Waals surface area contributed by atoms with E-state index < -0.39 is 0 Å². The third kappa shape index (κ3) is 2.22. The second-order valence-corrected chi connectivity index (χ2v) is 5.30. The molecule has 0 radical (unpaired) electrons. The lowest BCUT2D eigenvalue weighted by molar-refractivity contribution is 0.0763. The van der Waals surface area contributed by atoms with Gasteiger partial charge in [-0.1, -0.05) is 25.2 Å². The monoisotopic (exact) mass is 241 g/mol. The minimum absolute atomic E-state index is 0.110. The molecular weight excluding hydrogens is 226 g/mol. The van der Waals surface area contributed by atoms with Crippen molar-refractivity contribution in [3.63, 3.8) is 0 Å². The third-order valence-electron chi connectivity index (χ3n) is 2.57. The highest BCUT2D eigenvalue weighted by atomic mass is 32.1. The molecule has 6 heteroatoms. The van der Waals surface area contributed by atoms with Crippen LogP contribution in [0.3, 0.4) is 0 Å². The standard InChI is InChI=1S/C10H15N3O2S/c1-6(2)8-11-12-9(16-8)10(15)13-4-3-7(14)5-13/h6-7,14H,3-5H2,1-2H3/t7-/m0/s1. The Balaban J connectivity index is 2.09. The van der Waals surface area contributed by atoms with E-state index in [1.807, 2.05) is 13.8 Å². The lowest BCUT2D eigenvalue weighted by atomic mass is 10.2. The van der Waals surface area contributed by atoms with E-state index in [1.165, 1.54) is 11.3 Å². The number of aliphatic hydroxyl groups excluding tert-OH is 1. The van der Waals surface area contributed by atoms with E-state index >= 15 is 0 Å². The van der Waals surface area contributed by atoms with Crippen LogP contribution in [0.4, 0.5) is 0 Å². The van der Waals surface area contributed by atoms with Crippen LogP contribution in [0, 0.1) is 0 Å². The van der Waals surface area contributed by atoms with E-state index in [1.54, 1.807) is 4.90 Å². The predicted molar refractivity (Wildman–Crippen MR) is 60.5 cm³/mol. The Hall–Kier alpha value is -1.01. The maximum absolute atomic E-state index is 12.0. The molecule has 88 valence electrons.